The fraction of sp³-hybridized carbons (Fsp3) is 0.333. The quantitative estimate of drug-likeness (QED) is 0.939. The number of benzene rings is 1. The maximum absolute atomic E-state index is 13.6. The summed E-state index contributed by atoms with van der Waals surface area (Å²) in [5, 5.41) is 9.97. The summed E-state index contributed by atoms with van der Waals surface area (Å²) < 4.78 is 26.5. The van der Waals surface area contributed by atoms with E-state index in [0.717, 1.165) is 11.6 Å². The number of hydrogen-bond acceptors (Lipinski definition) is 3. The van der Waals surface area contributed by atoms with Gasteiger partial charge in [0.25, 0.3) is 0 Å². The van der Waals surface area contributed by atoms with Gasteiger partial charge in [0.2, 0.25) is 0 Å². The van der Waals surface area contributed by atoms with Crippen molar-refractivity contribution in [2.45, 2.75) is 37.7 Å². The molecule has 120 valence electrons. The minimum Gasteiger partial charge on any atom is -0.387 e. The van der Waals surface area contributed by atoms with Crippen molar-refractivity contribution in [2.24, 2.45) is 0 Å². The predicted octanol–water partition coefficient (Wildman–Crippen LogP) is 3.47. The fourth-order valence-electron chi connectivity index (χ4n) is 3.11. The molecule has 0 aliphatic heterocycles. The molecular weight excluding hydrogens is 300 g/mol. The molecule has 0 radical (unpaired) electrons. The van der Waals surface area contributed by atoms with Gasteiger partial charge in [-0.05, 0) is 42.5 Å². The van der Waals surface area contributed by atoms with Crippen LogP contribution in [0.15, 0.2) is 36.5 Å². The molecule has 0 saturated heterocycles. The predicted molar refractivity (Wildman–Crippen MR) is 80.9 cm³/mol. The van der Waals surface area contributed by atoms with Gasteiger partial charge in [0.1, 0.15) is 17.4 Å². The number of hydrogen-bond donors (Lipinski definition) is 1. The number of halogens is 2. The van der Waals surface area contributed by atoms with E-state index >= 15 is 0 Å². The monoisotopic (exact) mass is 317 g/mol. The molecule has 23 heavy (non-hydrogen) atoms. The van der Waals surface area contributed by atoms with Crippen molar-refractivity contribution < 1.29 is 18.7 Å². The van der Waals surface area contributed by atoms with Crippen molar-refractivity contribution >= 4 is 5.78 Å². The molecule has 0 amide bonds. The molecule has 1 N–H and O–H groups in total. The van der Waals surface area contributed by atoms with E-state index < -0.39 is 17.7 Å². The largest absolute Gasteiger partial charge is 0.387 e. The average molecular weight is 317 g/mol. The van der Waals surface area contributed by atoms with Gasteiger partial charge in [-0.3, -0.25) is 9.78 Å². The molecule has 1 heterocycles. The van der Waals surface area contributed by atoms with E-state index in [1.54, 1.807) is 12.3 Å². The highest BCUT2D eigenvalue weighted by Gasteiger charge is 2.31. The van der Waals surface area contributed by atoms with Gasteiger partial charge in [0.15, 0.2) is 0 Å². The van der Waals surface area contributed by atoms with Crippen LogP contribution < -0.4 is 0 Å². The van der Waals surface area contributed by atoms with Crippen LogP contribution in [0.1, 0.15) is 48.1 Å². The van der Waals surface area contributed by atoms with E-state index in [9.17, 15) is 18.7 Å². The number of Topliss-reactive ketones (excluding diaryl/α,β-unsaturated/α-hetero) is 1. The average Bonchev–Trinajstić information content (AvgIpc) is 2.54. The number of aromatic nitrogens is 1. The zero-order valence-electron chi connectivity index (χ0n) is 12.5. The lowest BCUT2D eigenvalue weighted by Crippen LogP contribution is -2.22. The number of pyridine rings is 1. The first-order chi connectivity index (χ1) is 11.1. The molecule has 1 aliphatic carbocycles. The number of aliphatic hydroxyl groups is 1. The number of ketones is 1. The van der Waals surface area contributed by atoms with Gasteiger partial charge in [-0.15, -0.1) is 0 Å². The normalized spacial score (nSPS) is 20.1. The number of carbonyl (C=O) groups is 1. The molecule has 0 spiro atoms. The summed E-state index contributed by atoms with van der Waals surface area (Å²) in [6.45, 7) is 0. The van der Waals surface area contributed by atoms with Crippen LogP contribution in [0.5, 0.6) is 0 Å². The number of nitrogens with zero attached hydrogens (tertiary/aromatic N) is 1. The number of aliphatic hydroxyl groups excluding tert-OH is 1. The Kier molecular flexibility index (Phi) is 4.48. The smallest absolute Gasteiger partial charge is 0.140 e. The molecule has 3 nitrogen and oxygen atoms in total. The Labute approximate surface area is 133 Å². The Morgan fingerprint density at radius 3 is 2.87 bits per heavy atom. The second kappa shape index (κ2) is 6.54. The lowest BCUT2D eigenvalue weighted by Gasteiger charge is -2.27. The molecule has 0 fully saturated rings. The van der Waals surface area contributed by atoms with Crippen LogP contribution in [0.25, 0.3) is 0 Å². The summed E-state index contributed by atoms with van der Waals surface area (Å²) in [5.41, 5.74) is 1.66. The summed E-state index contributed by atoms with van der Waals surface area (Å²) in [7, 11) is 0. The summed E-state index contributed by atoms with van der Waals surface area (Å²) in [6, 6.07) is 6.95. The molecular formula is C18H17F2NO2. The molecule has 5 heteroatoms. The van der Waals surface area contributed by atoms with Crippen molar-refractivity contribution in [1.29, 1.82) is 0 Å². The highest BCUT2D eigenvalue weighted by atomic mass is 19.1. The molecule has 2 atom stereocenters. The molecule has 0 saturated carbocycles. The molecule has 2 aromatic rings. The Balaban J connectivity index is 1.73. The van der Waals surface area contributed by atoms with Gasteiger partial charge < -0.3 is 5.11 Å². The molecule has 1 aromatic carbocycles. The van der Waals surface area contributed by atoms with Gasteiger partial charge in [0.05, 0.1) is 11.8 Å². The molecule has 0 unspecified atom stereocenters. The van der Waals surface area contributed by atoms with Crippen LogP contribution in [0.2, 0.25) is 0 Å². The standard InChI is InChI=1S/C18H17F2NO2/c19-12-5-3-11(15(20)10-12)4-7-16(22)13-6-8-17(23)18-14(13)2-1-9-21-18/h1-3,5,9-10,13,17,23H,4,6-8H2/t13-,17+/m1/s1. The Morgan fingerprint density at radius 1 is 1.26 bits per heavy atom. The van der Waals surface area contributed by atoms with Crippen LogP contribution >= 0.6 is 0 Å². The van der Waals surface area contributed by atoms with Crippen LogP contribution in [0.4, 0.5) is 8.78 Å². The molecule has 0 bridgehead atoms. The van der Waals surface area contributed by atoms with Gasteiger partial charge in [0, 0.05) is 24.6 Å². The Morgan fingerprint density at radius 2 is 2.09 bits per heavy atom. The summed E-state index contributed by atoms with van der Waals surface area (Å²) in [6.07, 6.45) is 2.43. The van der Waals surface area contributed by atoms with Crippen LogP contribution in [0.3, 0.4) is 0 Å². The highest BCUT2D eigenvalue weighted by Crippen LogP contribution is 2.37. The third-order valence-electron chi connectivity index (χ3n) is 4.34. The van der Waals surface area contributed by atoms with Crippen molar-refractivity contribution in [2.75, 3.05) is 0 Å². The SMILES string of the molecule is O=C(CCc1ccc(F)cc1F)[C@@H]1CC[C@H](O)c2ncccc21. The number of rotatable bonds is 4. The van der Waals surface area contributed by atoms with Crippen LogP contribution in [-0.4, -0.2) is 15.9 Å². The van der Waals surface area contributed by atoms with Crippen molar-refractivity contribution in [3.8, 4) is 0 Å². The first-order valence-electron chi connectivity index (χ1n) is 7.66. The van der Waals surface area contributed by atoms with E-state index in [1.807, 2.05) is 6.07 Å². The summed E-state index contributed by atoms with van der Waals surface area (Å²) in [5.74, 6) is -1.57. The summed E-state index contributed by atoms with van der Waals surface area (Å²) >= 11 is 0. The number of carbonyl (C=O) groups excluding carboxylic acids is 1. The maximum atomic E-state index is 13.6. The Bertz CT molecular complexity index is 733. The number of fused-ring (bicyclic) bond motifs is 1. The Hall–Kier alpha value is -2.14. The zero-order valence-corrected chi connectivity index (χ0v) is 12.5. The third-order valence-corrected chi connectivity index (χ3v) is 4.34. The van der Waals surface area contributed by atoms with Gasteiger partial charge >= 0.3 is 0 Å². The highest BCUT2D eigenvalue weighted by molar-refractivity contribution is 5.86. The van der Waals surface area contributed by atoms with Crippen molar-refractivity contribution in [1.82, 2.24) is 4.98 Å². The minimum absolute atomic E-state index is 0.00475. The zero-order chi connectivity index (χ0) is 16.4. The third kappa shape index (κ3) is 3.29. The lowest BCUT2D eigenvalue weighted by molar-refractivity contribution is -0.121. The maximum Gasteiger partial charge on any atom is 0.140 e. The summed E-state index contributed by atoms with van der Waals surface area (Å²) in [4.78, 5) is 16.7. The van der Waals surface area contributed by atoms with E-state index in [0.29, 0.717) is 24.1 Å². The first-order valence-corrected chi connectivity index (χ1v) is 7.66. The topological polar surface area (TPSA) is 50.2 Å². The van der Waals surface area contributed by atoms with Crippen molar-refractivity contribution in [3.05, 3.63) is 65.0 Å². The van der Waals surface area contributed by atoms with E-state index in [-0.39, 0.29) is 24.5 Å². The molecule has 1 aromatic heterocycles. The molecule has 1 aliphatic rings. The van der Waals surface area contributed by atoms with Gasteiger partial charge in [-0.2, -0.15) is 0 Å². The van der Waals surface area contributed by atoms with Crippen LogP contribution in [0, 0.1) is 11.6 Å². The van der Waals surface area contributed by atoms with Gasteiger partial charge in [-0.1, -0.05) is 12.1 Å². The van der Waals surface area contributed by atoms with Gasteiger partial charge in [-0.25, -0.2) is 8.78 Å². The van der Waals surface area contributed by atoms with Crippen molar-refractivity contribution in [3.63, 3.8) is 0 Å². The van der Waals surface area contributed by atoms with E-state index in [2.05, 4.69) is 4.98 Å². The van der Waals surface area contributed by atoms with Crippen LogP contribution in [-0.2, 0) is 11.2 Å². The minimum atomic E-state index is -0.634. The first kappa shape index (κ1) is 15.7. The van der Waals surface area contributed by atoms with E-state index in [4.69, 9.17) is 0 Å². The number of aryl methyl sites for hydroxylation is 1. The molecule has 3 rings (SSSR count). The van der Waals surface area contributed by atoms with E-state index in [1.165, 1.54) is 12.1 Å². The lowest BCUT2D eigenvalue weighted by atomic mass is 9.80. The second-order valence-corrected chi connectivity index (χ2v) is 5.83. The fourth-order valence-corrected chi connectivity index (χ4v) is 3.11. The second-order valence-electron chi connectivity index (χ2n) is 5.83.